The average Bonchev–Trinajstić information content (AvgIpc) is 2.83. The molecule has 1 unspecified atom stereocenters. The number of benzene rings is 1. The van der Waals surface area contributed by atoms with Gasteiger partial charge >= 0.3 is 5.97 Å². The zero-order valence-corrected chi connectivity index (χ0v) is 15.1. The number of nitrogens with zero attached hydrogens (tertiary/aromatic N) is 1. The maximum absolute atomic E-state index is 12.6. The Hall–Kier alpha value is -2.06. The summed E-state index contributed by atoms with van der Waals surface area (Å²) in [6.07, 6.45) is 1.91. The van der Waals surface area contributed by atoms with Crippen molar-refractivity contribution in [2.75, 3.05) is 14.2 Å². The van der Waals surface area contributed by atoms with Crippen LogP contribution in [0.5, 0.6) is 11.5 Å². The van der Waals surface area contributed by atoms with Gasteiger partial charge in [-0.15, -0.1) is 0 Å². The Balaban J connectivity index is 2.40. The van der Waals surface area contributed by atoms with Crippen LogP contribution >= 0.6 is 24.0 Å². The Morgan fingerprint density at radius 3 is 2.67 bits per heavy atom. The van der Waals surface area contributed by atoms with Crippen LogP contribution in [0.15, 0.2) is 23.1 Å². The van der Waals surface area contributed by atoms with Gasteiger partial charge in [-0.25, -0.2) is 4.79 Å². The molecule has 1 aliphatic heterocycles. The molecule has 1 aromatic rings. The van der Waals surface area contributed by atoms with Crippen molar-refractivity contribution < 1.29 is 24.2 Å². The van der Waals surface area contributed by atoms with Crippen LogP contribution in [-0.2, 0) is 9.59 Å². The van der Waals surface area contributed by atoms with Crippen LogP contribution in [0.1, 0.15) is 18.9 Å². The molecule has 1 saturated heterocycles. The van der Waals surface area contributed by atoms with E-state index in [0.717, 1.165) is 16.7 Å². The van der Waals surface area contributed by atoms with Crippen LogP contribution in [0, 0.1) is 0 Å². The van der Waals surface area contributed by atoms with Crippen LogP contribution in [0.3, 0.4) is 0 Å². The second-order valence-corrected chi connectivity index (χ2v) is 6.60. The van der Waals surface area contributed by atoms with Crippen molar-refractivity contribution in [1.82, 2.24) is 4.90 Å². The summed E-state index contributed by atoms with van der Waals surface area (Å²) in [7, 11) is 3.08. The summed E-state index contributed by atoms with van der Waals surface area (Å²) in [6.45, 7) is 1.70. The number of hydrogen-bond donors (Lipinski definition) is 1. The molecule has 24 heavy (non-hydrogen) atoms. The minimum absolute atomic E-state index is 0.238. The first-order valence-electron chi connectivity index (χ1n) is 7.14. The van der Waals surface area contributed by atoms with E-state index in [1.54, 1.807) is 38.3 Å². The fourth-order valence-electron chi connectivity index (χ4n) is 2.31. The van der Waals surface area contributed by atoms with Gasteiger partial charge < -0.3 is 14.6 Å². The average molecular weight is 367 g/mol. The second-order valence-electron chi connectivity index (χ2n) is 4.92. The molecule has 1 aromatic carbocycles. The number of thiocarbonyl (C=S) groups is 1. The maximum atomic E-state index is 12.6. The van der Waals surface area contributed by atoms with Gasteiger partial charge in [-0.2, -0.15) is 0 Å². The molecule has 1 aliphatic rings. The van der Waals surface area contributed by atoms with Gasteiger partial charge in [-0.1, -0.05) is 30.9 Å². The van der Waals surface area contributed by atoms with Gasteiger partial charge in [-0.05, 0) is 30.7 Å². The van der Waals surface area contributed by atoms with Crippen LogP contribution in [-0.4, -0.2) is 46.5 Å². The Bertz CT molecular complexity index is 716. The predicted octanol–water partition coefficient (Wildman–Crippen LogP) is 2.77. The number of carboxylic acids is 1. The fraction of sp³-hybridized carbons (Fsp3) is 0.312. The fourth-order valence-corrected chi connectivity index (χ4v) is 3.66. The molecule has 6 nitrogen and oxygen atoms in total. The Labute approximate surface area is 149 Å². The third kappa shape index (κ3) is 3.54. The van der Waals surface area contributed by atoms with Crippen molar-refractivity contribution in [3.8, 4) is 11.5 Å². The SMILES string of the molecule is CCC(C(=O)O)N1C(=O)/C(=C\c2cc(OC)ccc2OC)SC1=S. The van der Waals surface area contributed by atoms with Crippen molar-refractivity contribution in [3.63, 3.8) is 0 Å². The summed E-state index contributed by atoms with van der Waals surface area (Å²) in [6, 6.07) is 4.26. The zero-order chi connectivity index (χ0) is 17.9. The van der Waals surface area contributed by atoms with Crippen LogP contribution < -0.4 is 9.47 Å². The van der Waals surface area contributed by atoms with E-state index in [4.69, 9.17) is 21.7 Å². The first-order valence-corrected chi connectivity index (χ1v) is 8.37. The van der Waals surface area contributed by atoms with Gasteiger partial charge in [0.2, 0.25) is 0 Å². The topological polar surface area (TPSA) is 76.1 Å². The number of aliphatic carboxylic acids is 1. The Kier molecular flexibility index (Phi) is 5.84. The number of thioether (sulfide) groups is 1. The van der Waals surface area contributed by atoms with E-state index in [0.29, 0.717) is 22.0 Å². The molecule has 0 aromatic heterocycles. The van der Waals surface area contributed by atoms with Crippen molar-refractivity contribution in [2.24, 2.45) is 0 Å². The van der Waals surface area contributed by atoms with E-state index in [-0.39, 0.29) is 10.7 Å². The molecule has 0 saturated carbocycles. The standard InChI is InChI=1S/C16H17NO5S2/c1-4-11(15(19)20)17-14(18)13(24-16(17)23)8-9-7-10(21-2)5-6-12(9)22-3/h5-8,11H,4H2,1-3H3,(H,19,20)/b13-8+. The van der Waals surface area contributed by atoms with Gasteiger partial charge in [0.15, 0.2) is 0 Å². The molecule has 1 fully saturated rings. The van der Waals surface area contributed by atoms with Gasteiger partial charge in [-0.3, -0.25) is 9.69 Å². The zero-order valence-electron chi connectivity index (χ0n) is 13.4. The van der Waals surface area contributed by atoms with E-state index in [1.807, 2.05) is 0 Å². The summed E-state index contributed by atoms with van der Waals surface area (Å²) in [5, 5.41) is 9.28. The molecule has 0 aliphatic carbocycles. The minimum Gasteiger partial charge on any atom is -0.497 e. The minimum atomic E-state index is -1.07. The van der Waals surface area contributed by atoms with Crippen LogP contribution in [0.2, 0.25) is 0 Å². The highest BCUT2D eigenvalue weighted by atomic mass is 32.2. The number of amides is 1. The molecule has 128 valence electrons. The third-order valence-electron chi connectivity index (χ3n) is 3.53. The quantitative estimate of drug-likeness (QED) is 0.612. The number of rotatable bonds is 6. The van der Waals surface area contributed by atoms with Gasteiger partial charge in [0.25, 0.3) is 5.91 Å². The number of carboxylic acid groups (broad SMARTS) is 1. The van der Waals surface area contributed by atoms with E-state index in [9.17, 15) is 14.7 Å². The van der Waals surface area contributed by atoms with E-state index >= 15 is 0 Å². The van der Waals surface area contributed by atoms with Crippen molar-refractivity contribution >= 4 is 46.3 Å². The highest BCUT2D eigenvalue weighted by Gasteiger charge is 2.39. The molecule has 0 radical (unpaired) electrons. The molecule has 2 rings (SSSR count). The summed E-state index contributed by atoms with van der Waals surface area (Å²) in [5.41, 5.74) is 0.653. The summed E-state index contributed by atoms with van der Waals surface area (Å²) >= 11 is 6.27. The molecule has 0 bridgehead atoms. The number of ether oxygens (including phenoxy) is 2. The molecular weight excluding hydrogens is 350 g/mol. The second kappa shape index (κ2) is 7.67. The summed E-state index contributed by atoms with van der Waals surface area (Å²) < 4.78 is 10.7. The highest BCUT2D eigenvalue weighted by molar-refractivity contribution is 8.26. The maximum Gasteiger partial charge on any atom is 0.326 e. The van der Waals surface area contributed by atoms with E-state index < -0.39 is 17.9 Å². The lowest BCUT2D eigenvalue weighted by atomic mass is 10.1. The van der Waals surface area contributed by atoms with Crippen LogP contribution in [0.4, 0.5) is 0 Å². The first kappa shape index (κ1) is 18.3. The van der Waals surface area contributed by atoms with Crippen molar-refractivity contribution in [2.45, 2.75) is 19.4 Å². The molecular formula is C16H17NO5S2. The molecule has 1 amide bonds. The lowest BCUT2D eigenvalue weighted by Crippen LogP contribution is -2.43. The Morgan fingerprint density at radius 2 is 2.12 bits per heavy atom. The third-order valence-corrected chi connectivity index (χ3v) is 4.86. The van der Waals surface area contributed by atoms with E-state index in [2.05, 4.69) is 0 Å². The van der Waals surface area contributed by atoms with Gasteiger partial charge in [0.1, 0.15) is 21.9 Å². The number of carbonyl (C=O) groups is 2. The summed E-state index contributed by atoms with van der Waals surface area (Å²) in [5.74, 6) is -0.293. The number of carbonyl (C=O) groups excluding carboxylic acids is 1. The molecule has 1 N–H and O–H groups in total. The molecule has 8 heteroatoms. The molecule has 1 atom stereocenters. The van der Waals surface area contributed by atoms with Crippen LogP contribution in [0.25, 0.3) is 6.08 Å². The lowest BCUT2D eigenvalue weighted by Gasteiger charge is -2.21. The number of hydrogen-bond acceptors (Lipinski definition) is 6. The largest absolute Gasteiger partial charge is 0.497 e. The van der Waals surface area contributed by atoms with Crippen molar-refractivity contribution in [1.29, 1.82) is 0 Å². The summed E-state index contributed by atoms with van der Waals surface area (Å²) in [4.78, 5) is 25.4. The normalized spacial score (nSPS) is 17.3. The monoisotopic (exact) mass is 367 g/mol. The number of methoxy groups -OCH3 is 2. The molecule has 0 spiro atoms. The Morgan fingerprint density at radius 1 is 1.42 bits per heavy atom. The first-order chi connectivity index (χ1) is 11.4. The lowest BCUT2D eigenvalue weighted by molar-refractivity contribution is -0.145. The smallest absolute Gasteiger partial charge is 0.326 e. The van der Waals surface area contributed by atoms with E-state index in [1.165, 1.54) is 7.11 Å². The van der Waals surface area contributed by atoms with Gasteiger partial charge in [0.05, 0.1) is 19.1 Å². The predicted molar refractivity (Wildman–Crippen MR) is 96.3 cm³/mol. The highest BCUT2D eigenvalue weighted by Crippen LogP contribution is 2.36. The van der Waals surface area contributed by atoms with Crippen molar-refractivity contribution in [3.05, 3.63) is 28.7 Å². The van der Waals surface area contributed by atoms with Gasteiger partial charge in [0, 0.05) is 5.56 Å². The molecule has 1 heterocycles.